The average Bonchev–Trinajstić information content (AvgIpc) is 2.46. The van der Waals surface area contributed by atoms with Gasteiger partial charge >= 0.3 is 6.18 Å². The van der Waals surface area contributed by atoms with Crippen LogP contribution in [0.3, 0.4) is 0 Å². The number of nitrogen functional groups attached to an aromatic ring is 1. The van der Waals surface area contributed by atoms with Gasteiger partial charge in [-0.05, 0) is 25.5 Å². The fourth-order valence-corrected chi connectivity index (χ4v) is 2.64. The lowest BCUT2D eigenvalue weighted by molar-refractivity contribution is -0.136. The van der Waals surface area contributed by atoms with E-state index in [1.54, 1.807) is 0 Å². The third-order valence-electron chi connectivity index (χ3n) is 3.67. The number of rotatable bonds is 1. The third-order valence-corrected chi connectivity index (χ3v) is 3.67. The second kappa shape index (κ2) is 5.10. The quantitative estimate of drug-likeness (QED) is 0.843. The van der Waals surface area contributed by atoms with Crippen LogP contribution in [0.5, 0.6) is 0 Å². The number of hydrogen-bond acceptors (Lipinski definition) is 5. The van der Waals surface area contributed by atoms with E-state index in [0.29, 0.717) is 12.2 Å². The Hall–Kier alpha value is -1.96. The summed E-state index contributed by atoms with van der Waals surface area (Å²) in [6, 6.07) is 1.08. The van der Waals surface area contributed by atoms with Gasteiger partial charge in [-0.3, -0.25) is 0 Å². The van der Waals surface area contributed by atoms with Crippen molar-refractivity contribution >= 4 is 16.9 Å². The van der Waals surface area contributed by atoms with Crippen LogP contribution in [0.25, 0.3) is 11.0 Å². The molecular formula is C13H14F3N5. The monoisotopic (exact) mass is 297 g/mol. The Morgan fingerprint density at radius 3 is 2.76 bits per heavy atom. The van der Waals surface area contributed by atoms with Crippen LogP contribution in [0.4, 0.5) is 19.0 Å². The van der Waals surface area contributed by atoms with Crippen LogP contribution < -0.4 is 11.1 Å². The van der Waals surface area contributed by atoms with Crippen LogP contribution in [-0.4, -0.2) is 28.0 Å². The summed E-state index contributed by atoms with van der Waals surface area (Å²) in [5.74, 6) is -0.242. The van der Waals surface area contributed by atoms with Gasteiger partial charge in [0.15, 0.2) is 5.65 Å². The van der Waals surface area contributed by atoms with Crippen LogP contribution in [0, 0.1) is 0 Å². The molecule has 0 spiro atoms. The van der Waals surface area contributed by atoms with Crippen molar-refractivity contribution in [2.45, 2.75) is 24.9 Å². The molecule has 1 unspecified atom stereocenters. The number of nitrogens with one attached hydrogen (secondary N) is 1. The highest BCUT2D eigenvalue weighted by Crippen LogP contribution is 2.37. The molecule has 21 heavy (non-hydrogen) atoms. The predicted octanol–water partition coefficient (Wildman–Crippen LogP) is 2.09. The molecule has 1 saturated heterocycles. The molecule has 1 fully saturated rings. The highest BCUT2D eigenvalue weighted by Gasteiger charge is 2.35. The molecular weight excluding hydrogens is 283 g/mol. The Balaban J connectivity index is 2.20. The van der Waals surface area contributed by atoms with Crippen molar-refractivity contribution in [3.8, 4) is 0 Å². The molecule has 1 aliphatic rings. The smallest absolute Gasteiger partial charge is 0.383 e. The first-order valence-electron chi connectivity index (χ1n) is 6.66. The zero-order valence-electron chi connectivity index (χ0n) is 11.1. The number of alkyl halides is 3. The van der Waals surface area contributed by atoms with Gasteiger partial charge in [0.1, 0.15) is 12.1 Å². The minimum atomic E-state index is -4.52. The summed E-state index contributed by atoms with van der Waals surface area (Å²) in [5, 5.41) is 2.95. The molecule has 1 atom stereocenters. The summed E-state index contributed by atoms with van der Waals surface area (Å²) in [7, 11) is 0. The minimum Gasteiger partial charge on any atom is -0.383 e. The number of halogens is 3. The van der Waals surface area contributed by atoms with Gasteiger partial charge in [0, 0.05) is 18.2 Å². The lowest BCUT2D eigenvalue weighted by Crippen LogP contribution is -2.29. The van der Waals surface area contributed by atoms with Gasteiger partial charge in [0.2, 0.25) is 0 Å². The van der Waals surface area contributed by atoms with Crippen molar-refractivity contribution in [2.24, 2.45) is 0 Å². The number of piperidine rings is 1. The highest BCUT2D eigenvalue weighted by molar-refractivity contribution is 5.89. The van der Waals surface area contributed by atoms with Crippen molar-refractivity contribution < 1.29 is 13.2 Å². The van der Waals surface area contributed by atoms with Crippen molar-refractivity contribution in [2.75, 3.05) is 18.8 Å². The lowest BCUT2D eigenvalue weighted by atomic mass is 9.94. The molecule has 2 aromatic rings. The fraction of sp³-hybridized carbons (Fsp3) is 0.462. The van der Waals surface area contributed by atoms with Crippen molar-refractivity contribution in [3.05, 3.63) is 23.7 Å². The maximum absolute atomic E-state index is 13.3. The first-order valence-corrected chi connectivity index (χ1v) is 6.66. The molecule has 3 rings (SSSR count). The summed E-state index contributed by atoms with van der Waals surface area (Å²) < 4.78 is 39.9. The Bertz CT molecular complexity index is 665. The van der Waals surface area contributed by atoms with Crippen molar-refractivity contribution in [1.29, 1.82) is 0 Å². The highest BCUT2D eigenvalue weighted by atomic mass is 19.4. The first-order chi connectivity index (χ1) is 9.97. The summed E-state index contributed by atoms with van der Waals surface area (Å²) in [5.41, 5.74) is 5.17. The molecule has 3 heterocycles. The SMILES string of the molecule is Nc1ncnc2nc(C3CCCNC3)cc(C(F)(F)F)c12. The van der Waals surface area contributed by atoms with E-state index in [9.17, 15) is 13.2 Å². The third kappa shape index (κ3) is 2.63. The zero-order chi connectivity index (χ0) is 15.0. The number of aromatic nitrogens is 3. The van der Waals surface area contributed by atoms with Gasteiger partial charge in [0.25, 0.3) is 0 Å². The molecule has 0 amide bonds. The van der Waals surface area contributed by atoms with Crippen LogP contribution in [-0.2, 0) is 6.18 Å². The van der Waals surface area contributed by atoms with E-state index in [-0.39, 0.29) is 22.8 Å². The van der Waals surface area contributed by atoms with Crippen LogP contribution in [0.2, 0.25) is 0 Å². The second-order valence-electron chi connectivity index (χ2n) is 5.09. The number of fused-ring (bicyclic) bond motifs is 1. The van der Waals surface area contributed by atoms with Crippen LogP contribution in [0.15, 0.2) is 12.4 Å². The number of nitrogens with zero attached hydrogens (tertiary/aromatic N) is 3. The summed E-state index contributed by atoms with van der Waals surface area (Å²) in [6.45, 7) is 1.50. The van der Waals surface area contributed by atoms with Gasteiger partial charge < -0.3 is 11.1 Å². The Labute approximate surface area is 118 Å². The largest absolute Gasteiger partial charge is 0.417 e. The van der Waals surface area contributed by atoms with Gasteiger partial charge in [-0.1, -0.05) is 0 Å². The second-order valence-corrected chi connectivity index (χ2v) is 5.09. The Morgan fingerprint density at radius 2 is 2.10 bits per heavy atom. The summed E-state index contributed by atoms with van der Waals surface area (Å²) >= 11 is 0. The molecule has 2 aromatic heterocycles. The van der Waals surface area contributed by atoms with Crippen LogP contribution >= 0.6 is 0 Å². The predicted molar refractivity (Wildman–Crippen MR) is 71.6 cm³/mol. The fourth-order valence-electron chi connectivity index (χ4n) is 2.64. The normalized spacial score (nSPS) is 19.9. The maximum atomic E-state index is 13.3. The van der Waals surface area contributed by atoms with Gasteiger partial charge in [0.05, 0.1) is 10.9 Å². The lowest BCUT2D eigenvalue weighted by Gasteiger charge is -2.23. The standard InChI is InChI=1S/C13H14F3N5/c14-13(15,16)8-4-9(7-2-1-3-18-5-7)21-12-10(8)11(17)19-6-20-12/h4,6-7,18H,1-3,5H2,(H2,17,19,20,21). The van der Waals surface area contributed by atoms with Gasteiger partial charge in [-0.25, -0.2) is 15.0 Å². The molecule has 0 aliphatic carbocycles. The van der Waals surface area contributed by atoms with E-state index in [4.69, 9.17) is 5.73 Å². The van der Waals surface area contributed by atoms with E-state index in [1.165, 1.54) is 0 Å². The van der Waals surface area contributed by atoms with E-state index >= 15 is 0 Å². The first kappa shape index (κ1) is 14.0. The van der Waals surface area contributed by atoms with Gasteiger partial charge in [-0.2, -0.15) is 13.2 Å². The number of nitrogens with two attached hydrogens (primary N) is 1. The van der Waals surface area contributed by atoms with Crippen molar-refractivity contribution in [3.63, 3.8) is 0 Å². The van der Waals surface area contributed by atoms with E-state index < -0.39 is 11.7 Å². The maximum Gasteiger partial charge on any atom is 0.417 e. The van der Waals surface area contributed by atoms with Crippen molar-refractivity contribution in [1.82, 2.24) is 20.3 Å². The van der Waals surface area contributed by atoms with Gasteiger partial charge in [-0.15, -0.1) is 0 Å². The number of anilines is 1. The molecule has 8 heteroatoms. The molecule has 112 valence electrons. The number of hydrogen-bond donors (Lipinski definition) is 2. The van der Waals surface area contributed by atoms with Crippen LogP contribution in [0.1, 0.15) is 30.0 Å². The Kier molecular flexibility index (Phi) is 3.40. The minimum absolute atomic E-state index is 0.00195. The molecule has 5 nitrogen and oxygen atoms in total. The topological polar surface area (TPSA) is 76.7 Å². The Morgan fingerprint density at radius 1 is 1.29 bits per heavy atom. The molecule has 0 radical (unpaired) electrons. The van der Waals surface area contributed by atoms with E-state index in [2.05, 4.69) is 20.3 Å². The molecule has 0 saturated carbocycles. The molecule has 1 aliphatic heterocycles. The summed E-state index contributed by atoms with van der Waals surface area (Å²) in [4.78, 5) is 11.7. The van der Waals surface area contributed by atoms with E-state index in [1.807, 2.05) is 0 Å². The molecule has 0 bridgehead atoms. The average molecular weight is 297 g/mol. The molecule has 3 N–H and O–H groups in total. The zero-order valence-corrected chi connectivity index (χ0v) is 11.1. The molecule has 0 aromatic carbocycles. The number of pyridine rings is 1. The van der Waals surface area contributed by atoms with E-state index in [0.717, 1.165) is 31.8 Å². The summed E-state index contributed by atoms with van der Waals surface area (Å²) in [6.07, 6.45) is -1.66.